The topological polar surface area (TPSA) is 95.2 Å². The minimum atomic E-state index is -3.15. The maximum Gasteiger partial charge on any atom is 0.252 e. The molecule has 0 spiro atoms. The Morgan fingerprint density at radius 1 is 1.30 bits per heavy atom. The Morgan fingerprint density at radius 3 is 2.65 bits per heavy atom. The van der Waals surface area contributed by atoms with Gasteiger partial charge in [0, 0.05) is 24.8 Å². The van der Waals surface area contributed by atoms with E-state index in [0.717, 1.165) is 5.56 Å². The molecule has 1 aromatic heterocycles. The van der Waals surface area contributed by atoms with Crippen LogP contribution in [-0.4, -0.2) is 30.7 Å². The van der Waals surface area contributed by atoms with Gasteiger partial charge in [-0.1, -0.05) is 12.1 Å². The first-order valence-corrected chi connectivity index (χ1v) is 8.96. The molecule has 1 fully saturated rings. The van der Waals surface area contributed by atoms with Gasteiger partial charge in [-0.2, -0.15) is 0 Å². The van der Waals surface area contributed by atoms with Crippen molar-refractivity contribution in [2.75, 3.05) is 21.9 Å². The van der Waals surface area contributed by atoms with Crippen LogP contribution in [0.3, 0.4) is 0 Å². The molecule has 0 atom stereocenters. The lowest BCUT2D eigenvalue weighted by Gasteiger charge is -2.17. The third-order valence-corrected chi connectivity index (χ3v) is 5.52. The predicted molar refractivity (Wildman–Crippen MR) is 89.1 cm³/mol. The predicted octanol–water partition coefficient (Wildman–Crippen LogP) is 1.23. The van der Waals surface area contributed by atoms with Crippen LogP contribution in [0.25, 0.3) is 0 Å². The van der Waals surface area contributed by atoms with Crippen LogP contribution < -0.4 is 15.2 Å². The van der Waals surface area contributed by atoms with E-state index in [0.29, 0.717) is 36.8 Å². The number of nitrogens with zero attached hydrogens (tertiary/aromatic N) is 2. The van der Waals surface area contributed by atoms with Crippen molar-refractivity contribution in [1.29, 1.82) is 0 Å². The van der Waals surface area contributed by atoms with E-state index in [-0.39, 0.29) is 11.3 Å². The molecular formula is C15H18N4O3S. The van der Waals surface area contributed by atoms with Gasteiger partial charge >= 0.3 is 0 Å². The lowest BCUT2D eigenvalue weighted by atomic mass is 10.2. The SMILES string of the molecule is Cc1cc(=O)[nH]c(NCc2ccc(N3CCCS3(=O)=O)cc2)n1. The van der Waals surface area contributed by atoms with E-state index in [4.69, 9.17) is 0 Å². The minimum absolute atomic E-state index is 0.199. The molecule has 1 aliphatic rings. The van der Waals surface area contributed by atoms with Gasteiger partial charge in [-0.05, 0) is 31.0 Å². The number of sulfonamides is 1. The molecule has 3 rings (SSSR count). The first kappa shape index (κ1) is 15.5. The Kier molecular flexibility index (Phi) is 4.08. The van der Waals surface area contributed by atoms with Crippen molar-refractivity contribution in [2.45, 2.75) is 19.9 Å². The molecule has 2 N–H and O–H groups in total. The minimum Gasteiger partial charge on any atom is -0.352 e. The van der Waals surface area contributed by atoms with E-state index >= 15 is 0 Å². The molecule has 0 amide bonds. The Hall–Kier alpha value is -2.35. The highest BCUT2D eigenvalue weighted by atomic mass is 32.2. The summed E-state index contributed by atoms with van der Waals surface area (Å²) in [6.45, 7) is 2.78. The molecule has 122 valence electrons. The van der Waals surface area contributed by atoms with E-state index in [1.807, 2.05) is 12.1 Å². The summed E-state index contributed by atoms with van der Waals surface area (Å²) >= 11 is 0. The van der Waals surface area contributed by atoms with Crippen LogP contribution in [0.5, 0.6) is 0 Å². The number of anilines is 2. The molecule has 0 unspecified atom stereocenters. The lowest BCUT2D eigenvalue weighted by molar-refractivity contribution is 0.599. The Balaban J connectivity index is 1.69. The summed E-state index contributed by atoms with van der Waals surface area (Å²) in [5.41, 5.74) is 2.10. The Labute approximate surface area is 134 Å². The summed E-state index contributed by atoms with van der Waals surface area (Å²) in [4.78, 5) is 18.2. The third-order valence-electron chi connectivity index (χ3n) is 3.65. The highest BCUT2D eigenvalue weighted by Gasteiger charge is 2.28. The smallest absolute Gasteiger partial charge is 0.252 e. The fourth-order valence-corrected chi connectivity index (χ4v) is 4.12. The number of aromatic nitrogens is 2. The molecule has 7 nitrogen and oxygen atoms in total. The number of aromatic amines is 1. The van der Waals surface area contributed by atoms with Crippen molar-refractivity contribution in [3.8, 4) is 0 Å². The summed E-state index contributed by atoms with van der Waals surface area (Å²) < 4.78 is 25.2. The number of hydrogen-bond acceptors (Lipinski definition) is 5. The Morgan fingerprint density at radius 2 is 2.04 bits per heavy atom. The van der Waals surface area contributed by atoms with Crippen LogP contribution in [0, 0.1) is 6.92 Å². The lowest BCUT2D eigenvalue weighted by Crippen LogP contribution is -2.24. The van der Waals surface area contributed by atoms with Crippen LogP contribution in [-0.2, 0) is 16.6 Å². The van der Waals surface area contributed by atoms with Gasteiger partial charge in [0.05, 0.1) is 11.4 Å². The monoisotopic (exact) mass is 334 g/mol. The van der Waals surface area contributed by atoms with E-state index < -0.39 is 10.0 Å². The maximum atomic E-state index is 11.9. The van der Waals surface area contributed by atoms with Gasteiger partial charge in [0.15, 0.2) is 0 Å². The van der Waals surface area contributed by atoms with Crippen LogP contribution in [0.1, 0.15) is 17.7 Å². The molecular weight excluding hydrogens is 316 g/mol. The molecule has 0 radical (unpaired) electrons. The molecule has 8 heteroatoms. The van der Waals surface area contributed by atoms with E-state index in [9.17, 15) is 13.2 Å². The van der Waals surface area contributed by atoms with Crippen molar-refractivity contribution in [1.82, 2.24) is 9.97 Å². The number of rotatable bonds is 4. The first-order valence-electron chi connectivity index (χ1n) is 7.35. The molecule has 2 heterocycles. The molecule has 0 aliphatic carbocycles. The second kappa shape index (κ2) is 6.04. The van der Waals surface area contributed by atoms with Crippen LogP contribution in [0.2, 0.25) is 0 Å². The zero-order valence-corrected chi connectivity index (χ0v) is 13.6. The van der Waals surface area contributed by atoms with Crippen molar-refractivity contribution in [3.05, 3.63) is 51.9 Å². The summed E-state index contributed by atoms with van der Waals surface area (Å²) in [6, 6.07) is 8.75. The second-order valence-corrected chi connectivity index (χ2v) is 7.51. The summed E-state index contributed by atoms with van der Waals surface area (Å²) in [5, 5.41) is 3.05. The summed E-state index contributed by atoms with van der Waals surface area (Å²) in [6.07, 6.45) is 0.665. The van der Waals surface area contributed by atoms with Gasteiger partial charge in [-0.15, -0.1) is 0 Å². The number of aryl methyl sites for hydroxylation is 1. The highest BCUT2D eigenvalue weighted by molar-refractivity contribution is 7.93. The fraction of sp³-hybridized carbons (Fsp3) is 0.333. The summed E-state index contributed by atoms with van der Waals surface area (Å²) in [7, 11) is -3.15. The number of nitrogens with one attached hydrogen (secondary N) is 2. The zero-order chi connectivity index (χ0) is 16.4. The van der Waals surface area contributed by atoms with Crippen LogP contribution >= 0.6 is 0 Å². The van der Waals surface area contributed by atoms with E-state index in [2.05, 4.69) is 15.3 Å². The highest BCUT2D eigenvalue weighted by Crippen LogP contribution is 2.24. The molecule has 0 bridgehead atoms. The zero-order valence-electron chi connectivity index (χ0n) is 12.7. The van der Waals surface area contributed by atoms with Gasteiger partial charge in [-0.3, -0.25) is 14.1 Å². The number of H-pyrrole nitrogens is 1. The maximum absolute atomic E-state index is 11.9. The standard InChI is InChI=1S/C15H18N4O3S/c1-11-9-14(20)18-15(17-11)16-10-12-3-5-13(6-4-12)19-7-2-8-23(19,21)22/h3-6,9H,2,7-8,10H2,1H3,(H2,16,17,18,20). The van der Waals surface area contributed by atoms with E-state index in [1.54, 1.807) is 19.1 Å². The van der Waals surface area contributed by atoms with Gasteiger partial charge in [0.1, 0.15) is 0 Å². The Bertz CT molecular complexity index is 859. The molecule has 23 heavy (non-hydrogen) atoms. The van der Waals surface area contributed by atoms with Crippen molar-refractivity contribution in [2.24, 2.45) is 0 Å². The molecule has 0 saturated carbocycles. The van der Waals surface area contributed by atoms with Gasteiger partial charge in [0.2, 0.25) is 16.0 Å². The van der Waals surface area contributed by atoms with Crippen LogP contribution in [0.15, 0.2) is 35.1 Å². The van der Waals surface area contributed by atoms with Gasteiger partial charge < -0.3 is 5.32 Å². The van der Waals surface area contributed by atoms with Crippen molar-refractivity contribution < 1.29 is 8.42 Å². The summed E-state index contributed by atoms with van der Waals surface area (Å²) in [5.74, 6) is 0.629. The van der Waals surface area contributed by atoms with E-state index in [1.165, 1.54) is 10.4 Å². The van der Waals surface area contributed by atoms with Gasteiger partial charge in [-0.25, -0.2) is 13.4 Å². The molecule has 2 aromatic rings. The first-order chi connectivity index (χ1) is 10.9. The molecule has 1 aromatic carbocycles. The number of benzene rings is 1. The van der Waals surface area contributed by atoms with Crippen molar-refractivity contribution >= 4 is 21.7 Å². The van der Waals surface area contributed by atoms with Gasteiger partial charge in [0.25, 0.3) is 5.56 Å². The van der Waals surface area contributed by atoms with Crippen molar-refractivity contribution in [3.63, 3.8) is 0 Å². The largest absolute Gasteiger partial charge is 0.352 e. The quantitative estimate of drug-likeness (QED) is 0.877. The fourth-order valence-electron chi connectivity index (χ4n) is 2.56. The molecule has 1 aliphatic heterocycles. The average Bonchev–Trinajstić information content (AvgIpc) is 2.84. The van der Waals surface area contributed by atoms with Crippen LogP contribution in [0.4, 0.5) is 11.6 Å². The third kappa shape index (κ3) is 3.53. The normalized spacial score (nSPS) is 16.5. The average molecular weight is 334 g/mol. The number of hydrogen-bond donors (Lipinski definition) is 2. The second-order valence-electron chi connectivity index (χ2n) is 5.50. The molecule has 1 saturated heterocycles.